The predicted molar refractivity (Wildman–Crippen MR) is 109 cm³/mol. The standard InChI is InChI=1S/C21H33NO4S/c1-5-6-7-8-9-10-14-17-19(22-20(23)26-21(2,3)4)27(24,25)18-15-12-11-13-16-18/h11-17,19H,5-10H2,1-4H3,(H,22,23)/b17-14-. The van der Waals surface area contributed by atoms with Gasteiger partial charge in [-0.2, -0.15) is 0 Å². The van der Waals surface area contributed by atoms with E-state index >= 15 is 0 Å². The third-order valence-corrected chi connectivity index (χ3v) is 5.72. The number of carbonyl (C=O) groups excluding carboxylic acids is 1. The summed E-state index contributed by atoms with van der Waals surface area (Å²) in [5, 5.41) is 1.33. The van der Waals surface area contributed by atoms with Crippen LogP contribution in [-0.4, -0.2) is 25.5 Å². The SMILES string of the molecule is CCCCCCC/C=C\C(NC(=O)OC(C)(C)C)S(=O)(=O)c1ccccc1. The van der Waals surface area contributed by atoms with E-state index in [0.29, 0.717) is 0 Å². The first kappa shape index (κ1) is 23.2. The molecule has 0 heterocycles. The van der Waals surface area contributed by atoms with Crippen LogP contribution in [-0.2, 0) is 14.6 Å². The van der Waals surface area contributed by atoms with Crippen LogP contribution in [0.25, 0.3) is 0 Å². The third-order valence-electron chi connectivity index (χ3n) is 3.85. The summed E-state index contributed by atoms with van der Waals surface area (Å²) in [5.74, 6) is 0. The Morgan fingerprint density at radius 2 is 1.74 bits per heavy atom. The molecule has 1 unspecified atom stereocenters. The number of sulfone groups is 1. The number of alkyl carbamates (subject to hydrolysis) is 1. The smallest absolute Gasteiger partial charge is 0.408 e. The van der Waals surface area contributed by atoms with Crippen molar-refractivity contribution >= 4 is 15.9 Å². The lowest BCUT2D eigenvalue weighted by Crippen LogP contribution is -2.42. The van der Waals surface area contributed by atoms with Crippen molar-refractivity contribution in [3.8, 4) is 0 Å². The Balaban J connectivity index is 2.85. The largest absolute Gasteiger partial charge is 0.444 e. The summed E-state index contributed by atoms with van der Waals surface area (Å²) in [6.07, 6.45) is 9.11. The van der Waals surface area contributed by atoms with Crippen LogP contribution in [0.2, 0.25) is 0 Å². The van der Waals surface area contributed by atoms with E-state index < -0.39 is 26.9 Å². The van der Waals surface area contributed by atoms with Crippen molar-refractivity contribution in [1.29, 1.82) is 0 Å². The number of rotatable bonds is 10. The van der Waals surface area contributed by atoms with Gasteiger partial charge in [0.2, 0.25) is 9.84 Å². The number of unbranched alkanes of at least 4 members (excludes halogenated alkanes) is 5. The molecule has 1 aromatic rings. The van der Waals surface area contributed by atoms with Crippen LogP contribution in [0.5, 0.6) is 0 Å². The summed E-state index contributed by atoms with van der Waals surface area (Å²) < 4.78 is 31.1. The zero-order valence-corrected chi connectivity index (χ0v) is 17.7. The maximum atomic E-state index is 12.9. The minimum absolute atomic E-state index is 0.165. The fourth-order valence-electron chi connectivity index (χ4n) is 2.50. The first-order valence-corrected chi connectivity index (χ1v) is 11.2. The Morgan fingerprint density at radius 3 is 2.33 bits per heavy atom. The van der Waals surface area contributed by atoms with Crippen molar-refractivity contribution in [2.45, 2.75) is 82.1 Å². The summed E-state index contributed by atoms with van der Waals surface area (Å²) in [7, 11) is -3.75. The van der Waals surface area contributed by atoms with Crippen LogP contribution < -0.4 is 5.32 Å². The molecule has 6 heteroatoms. The Kier molecular flexibility index (Phi) is 9.56. The highest BCUT2D eigenvalue weighted by molar-refractivity contribution is 7.92. The second-order valence-corrected chi connectivity index (χ2v) is 9.63. The maximum Gasteiger partial charge on any atom is 0.408 e. The summed E-state index contributed by atoms with van der Waals surface area (Å²) >= 11 is 0. The fourth-order valence-corrected chi connectivity index (χ4v) is 3.89. The molecule has 0 aromatic heterocycles. The van der Waals surface area contributed by atoms with E-state index in [9.17, 15) is 13.2 Å². The second-order valence-electron chi connectivity index (χ2n) is 7.56. The van der Waals surface area contributed by atoms with Gasteiger partial charge in [-0.1, -0.05) is 63.0 Å². The van der Waals surface area contributed by atoms with Crippen LogP contribution in [0, 0.1) is 0 Å². The quantitative estimate of drug-likeness (QED) is 0.435. The molecular weight excluding hydrogens is 362 g/mol. The topological polar surface area (TPSA) is 72.5 Å². The lowest BCUT2D eigenvalue weighted by Gasteiger charge is -2.22. The first-order valence-electron chi connectivity index (χ1n) is 9.62. The molecule has 0 saturated carbocycles. The third kappa shape index (κ3) is 9.09. The Morgan fingerprint density at radius 1 is 1.11 bits per heavy atom. The highest BCUT2D eigenvalue weighted by Crippen LogP contribution is 2.17. The molecule has 5 nitrogen and oxygen atoms in total. The van der Waals surface area contributed by atoms with Gasteiger partial charge in [-0.15, -0.1) is 0 Å². The van der Waals surface area contributed by atoms with E-state index in [-0.39, 0.29) is 4.90 Å². The normalized spacial score (nSPS) is 13.5. The molecule has 0 aliphatic heterocycles. The molecule has 152 valence electrons. The minimum Gasteiger partial charge on any atom is -0.444 e. The van der Waals surface area contributed by atoms with Crippen LogP contribution in [0.15, 0.2) is 47.4 Å². The Labute approximate surface area is 164 Å². The second kappa shape index (κ2) is 11.1. The van der Waals surface area contributed by atoms with Crippen LogP contribution in [0.3, 0.4) is 0 Å². The van der Waals surface area contributed by atoms with Gasteiger partial charge in [0, 0.05) is 0 Å². The molecule has 0 aliphatic carbocycles. The van der Waals surface area contributed by atoms with Gasteiger partial charge in [-0.3, -0.25) is 0 Å². The number of benzene rings is 1. The van der Waals surface area contributed by atoms with Crippen LogP contribution in [0.4, 0.5) is 4.79 Å². The van der Waals surface area contributed by atoms with Gasteiger partial charge in [0.1, 0.15) is 5.60 Å². The highest BCUT2D eigenvalue weighted by atomic mass is 32.2. The number of nitrogens with one attached hydrogen (secondary N) is 1. The molecule has 0 saturated heterocycles. The lowest BCUT2D eigenvalue weighted by molar-refractivity contribution is 0.0527. The fraction of sp³-hybridized carbons (Fsp3) is 0.571. The molecular formula is C21H33NO4S. The van der Waals surface area contributed by atoms with Crippen LogP contribution in [0.1, 0.15) is 66.2 Å². The van der Waals surface area contributed by atoms with Crippen molar-refractivity contribution in [3.05, 3.63) is 42.5 Å². The Hall–Kier alpha value is -1.82. The van der Waals surface area contributed by atoms with E-state index in [4.69, 9.17) is 4.74 Å². The van der Waals surface area contributed by atoms with E-state index in [1.165, 1.54) is 31.4 Å². The lowest BCUT2D eigenvalue weighted by atomic mass is 10.1. The Bertz CT molecular complexity index is 691. The van der Waals surface area contributed by atoms with Crippen molar-refractivity contribution in [2.24, 2.45) is 0 Å². The van der Waals surface area contributed by atoms with Gasteiger partial charge < -0.3 is 10.1 Å². The summed E-state index contributed by atoms with van der Waals surface area (Å²) in [6, 6.07) is 8.13. The van der Waals surface area contributed by atoms with Gasteiger partial charge in [0.05, 0.1) is 4.90 Å². The molecule has 1 rings (SSSR count). The zero-order valence-electron chi connectivity index (χ0n) is 16.9. The number of ether oxygens (including phenoxy) is 1. The maximum absolute atomic E-state index is 12.9. The number of amides is 1. The average molecular weight is 396 g/mol. The molecule has 0 spiro atoms. The molecule has 1 N–H and O–H groups in total. The van der Waals surface area contributed by atoms with Gasteiger partial charge in [-0.05, 0) is 45.7 Å². The van der Waals surface area contributed by atoms with Crippen molar-refractivity contribution in [2.75, 3.05) is 0 Å². The first-order chi connectivity index (χ1) is 12.7. The van der Waals surface area contributed by atoms with Crippen LogP contribution >= 0.6 is 0 Å². The molecule has 0 bridgehead atoms. The highest BCUT2D eigenvalue weighted by Gasteiger charge is 2.28. The number of hydrogen-bond donors (Lipinski definition) is 1. The molecule has 0 radical (unpaired) electrons. The van der Waals surface area contributed by atoms with Crippen molar-refractivity contribution < 1.29 is 17.9 Å². The molecule has 0 aliphatic rings. The molecule has 1 atom stereocenters. The molecule has 0 fully saturated rings. The van der Waals surface area contributed by atoms with Crippen molar-refractivity contribution in [1.82, 2.24) is 5.32 Å². The van der Waals surface area contributed by atoms with E-state index in [2.05, 4.69) is 12.2 Å². The monoisotopic (exact) mass is 395 g/mol. The molecule has 1 aromatic carbocycles. The predicted octanol–water partition coefficient (Wildman–Crippen LogP) is 5.23. The summed E-state index contributed by atoms with van der Waals surface area (Å²) in [6.45, 7) is 7.37. The number of allylic oxidation sites excluding steroid dienone is 1. The number of carbonyl (C=O) groups is 1. The van der Waals surface area contributed by atoms with Crippen molar-refractivity contribution in [3.63, 3.8) is 0 Å². The minimum atomic E-state index is -3.75. The zero-order chi connectivity index (χ0) is 20.3. The van der Waals surface area contributed by atoms with Gasteiger partial charge >= 0.3 is 6.09 Å². The van der Waals surface area contributed by atoms with E-state index in [1.807, 2.05) is 6.08 Å². The number of hydrogen-bond acceptors (Lipinski definition) is 4. The van der Waals surface area contributed by atoms with Gasteiger partial charge in [0.25, 0.3) is 0 Å². The summed E-state index contributed by atoms with van der Waals surface area (Å²) in [5.41, 5.74) is -0.700. The molecule has 27 heavy (non-hydrogen) atoms. The van der Waals surface area contributed by atoms with E-state index in [0.717, 1.165) is 19.3 Å². The average Bonchev–Trinajstić information content (AvgIpc) is 2.59. The summed E-state index contributed by atoms with van der Waals surface area (Å²) in [4.78, 5) is 12.3. The van der Waals surface area contributed by atoms with Gasteiger partial charge in [0.15, 0.2) is 5.37 Å². The van der Waals surface area contributed by atoms with E-state index in [1.54, 1.807) is 45.0 Å². The van der Waals surface area contributed by atoms with Gasteiger partial charge in [-0.25, -0.2) is 13.2 Å². The molecule has 1 amide bonds.